The highest BCUT2D eigenvalue weighted by Gasteiger charge is 2.53. The fourth-order valence-electron chi connectivity index (χ4n) is 11.9. The molecule has 2 heterocycles. The van der Waals surface area contributed by atoms with Crippen molar-refractivity contribution in [2.45, 2.75) is 83.6 Å². The summed E-state index contributed by atoms with van der Waals surface area (Å²) >= 11 is 0. The molecule has 2 bridgehead atoms. The van der Waals surface area contributed by atoms with Crippen molar-refractivity contribution in [3.05, 3.63) is 59.3 Å². The predicted molar refractivity (Wildman–Crippen MR) is 303 cm³/mol. The van der Waals surface area contributed by atoms with Crippen LogP contribution in [-0.4, -0.2) is 240 Å². The van der Waals surface area contributed by atoms with Crippen molar-refractivity contribution in [2.24, 2.45) is 17.8 Å². The van der Waals surface area contributed by atoms with E-state index in [0.29, 0.717) is 97.7 Å². The van der Waals surface area contributed by atoms with Gasteiger partial charge in [0.25, 0.3) is 11.8 Å². The molecule has 3 aromatic rings. The van der Waals surface area contributed by atoms with Gasteiger partial charge in [-0.25, -0.2) is 9.48 Å². The van der Waals surface area contributed by atoms with Crippen LogP contribution in [0.5, 0.6) is 11.5 Å². The Labute approximate surface area is 475 Å². The third-order valence-corrected chi connectivity index (χ3v) is 16.2. The number of hydrogen-bond acceptors (Lipinski definition) is 15. The summed E-state index contributed by atoms with van der Waals surface area (Å²) in [6.45, 7) is 9.16. The highest BCUT2D eigenvalue weighted by atomic mass is 16.5. The smallest absolute Gasteiger partial charge is 0.329 e. The second-order valence-electron chi connectivity index (χ2n) is 22.5. The zero-order valence-electron chi connectivity index (χ0n) is 48.4. The molecule has 0 radical (unpaired) electrons. The summed E-state index contributed by atoms with van der Waals surface area (Å²) < 4.78 is 13.4. The minimum Gasteiger partial charge on any atom is -0.496 e. The zero-order chi connectivity index (χ0) is 59.0. The molecule has 23 heteroatoms. The predicted octanol–water partition coefficient (Wildman–Crippen LogP) is 3.85. The number of benzene rings is 2. The molecule has 3 aliphatic rings. The van der Waals surface area contributed by atoms with E-state index in [2.05, 4.69) is 17.6 Å². The normalized spacial score (nSPS) is 20.7. The van der Waals surface area contributed by atoms with Gasteiger partial charge in [-0.05, 0) is 131 Å². The number of rotatable bonds is 26. The highest BCUT2D eigenvalue weighted by Crippen LogP contribution is 2.49. The van der Waals surface area contributed by atoms with E-state index in [-0.39, 0.29) is 101 Å². The molecule has 446 valence electrons. The molecular weight excluding hydrogens is 1040 g/mol. The molecule has 3 amide bonds. The molecule has 1 saturated heterocycles. The summed E-state index contributed by atoms with van der Waals surface area (Å²) in [6.07, 6.45) is 5.64. The molecule has 6 N–H and O–H groups in total. The lowest BCUT2D eigenvalue weighted by Gasteiger charge is -2.49. The fraction of sp³-hybridized carbons (Fsp3) is 0.621. The minimum atomic E-state index is -1.45. The van der Waals surface area contributed by atoms with Gasteiger partial charge >= 0.3 is 23.9 Å². The molecule has 2 saturated carbocycles. The quantitative estimate of drug-likeness (QED) is 0.0623. The van der Waals surface area contributed by atoms with Gasteiger partial charge in [-0.3, -0.25) is 48.4 Å². The van der Waals surface area contributed by atoms with Gasteiger partial charge in [-0.1, -0.05) is 33.3 Å². The van der Waals surface area contributed by atoms with Crippen LogP contribution in [-0.2, 0) is 24.0 Å². The summed E-state index contributed by atoms with van der Waals surface area (Å²) in [5.41, 5.74) is 1.29. The molecule has 0 spiro atoms. The second-order valence-corrected chi connectivity index (χ2v) is 22.5. The van der Waals surface area contributed by atoms with E-state index in [0.717, 1.165) is 37.8 Å². The minimum absolute atomic E-state index is 0.00776. The molecule has 23 nitrogen and oxygen atoms in total. The zero-order valence-corrected chi connectivity index (χ0v) is 48.4. The fourth-order valence-corrected chi connectivity index (χ4v) is 11.9. The molecule has 3 fully saturated rings. The van der Waals surface area contributed by atoms with E-state index in [1.54, 1.807) is 54.6 Å². The molecule has 81 heavy (non-hydrogen) atoms. The van der Waals surface area contributed by atoms with E-state index >= 15 is 0 Å². The van der Waals surface area contributed by atoms with Gasteiger partial charge in [0.15, 0.2) is 5.69 Å². The van der Waals surface area contributed by atoms with Crippen molar-refractivity contribution in [3.63, 3.8) is 0 Å². The Balaban J connectivity index is 1.22. The Bertz CT molecular complexity index is 2610. The van der Waals surface area contributed by atoms with Crippen molar-refractivity contribution in [1.82, 2.24) is 49.8 Å². The number of carboxylic acid groups (broad SMARTS) is 4. The maximum atomic E-state index is 14.7. The van der Waals surface area contributed by atoms with E-state index in [1.807, 2.05) is 49.9 Å². The van der Waals surface area contributed by atoms with Crippen LogP contribution in [0.1, 0.15) is 104 Å². The lowest BCUT2D eigenvalue weighted by molar-refractivity contribution is -0.151. The Morgan fingerprint density at radius 1 is 0.728 bits per heavy atom. The van der Waals surface area contributed by atoms with Crippen molar-refractivity contribution < 1.29 is 63.5 Å². The first-order chi connectivity index (χ1) is 38.6. The Hall–Kier alpha value is -6.66. The van der Waals surface area contributed by atoms with E-state index in [9.17, 15) is 54.0 Å². The van der Waals surface area contributed by atoms with Gasteiger partial charge in [-0.15, -0.1) is 0 Å². The van der Waals surface area contributed by atoms with E-state index in [4.69, 9.17) is 14.6 Å². The number of fused-ring (bicyclic) bond motifs is 2. The van der Waals surface area contributed by atoms with Crippen LogP contribution in [0.15, 0.2) is 42.5 Å². The molecule has 2 aromatic carbocycles. The number of hydrogen-bond donors (Lipinski definition) is 6. The van der Waals surface area contributed by atoms with Gasteiger partial charge < -0.3 is 50.3 Å². The van der Waals surface area contributed by atoms with Crippen LogP contribution in [0, 0.1) is 17.8 Å². The number of aromatic nitrogens is 2. The average Bonchev–Trinajstić information content (AvgIpc) is 3.87. The van der Waals surface area contributed by atoms with E-state index < -0.39 is 35.3 Å². The van der Waals surface area contributed by atoms with Gasteiger partial charge in [-0.2, -0.15) is 5.10 Å². The van der Waals surface area contributed by atoms with Crippen molar-refractivity contribution in [2.75, 3.05) is 133 Å². The van der Waals surface area contributed by atoms with Crippen LogP contribution in [0.4, 0.5) is 0 Å². The van der Waals surface area contributed by atoms with Crippen LogP contribution in [0.25, 0.3) is 16.9 Å². The third-order valence-electron chi connectivity index (χ3n) is 16.2. The largest absolute Gasteiger partial charge is 0.496 e. The molecule has 4 atom stereocenters. The SMILES string of the molecule is CCC1CC2CCC(NC(=O)c3cc(-c4c(OC)cccc4OC)n(-c4ccc(C(=O)N(CCCNC(=O)CN5CCN(CC(=O)O)CCN(CC(=O)O)CCN(CC(=O)O)CC5)CCCN(C)C)cc4C(C)C)n3)(C(=O)O)C(C1)C2. The number of amides is 3. The summed E-state index contributed by atoms with van der Waals surface area (Å²) in [4.78, 5) is 102. The summed E-state index contributed by atoms with van der Waals surface area (Å²) in [6, 6.07) is 12.4. The van der Waals surface area contributed by atoms with Gasteiger partial charge in [0.05, 0.1) is 57.3 Å². The highest BCUT2D eigenvalue weighted by molar-refractivity contribution is 5.98. The first kappa shape index (κ1) is 63.5. The van der Waals surface area contributed by atoms with Crippen LogP contribution in [0.3, 0.4) is 0 Å². The number of ether oxygens (including phenoxy) is 2. The monoisotopic (exact) mass is 1130 g/mol. The molecule has 2 aliphatic carbocycles. The molecular formula is C58H86N10O13. The Morgan fingerprint density at radius 2 is 1.28 bits per heavy atom. The molecule has 4 unspecified atom stereocenters. The number of carboxylic acids is 4. The number of carbonyl (C=O) groups is 7. The van der Waals surface area contributed by atoms with E-state index in [1.165, 1.54) is 14.2 Å². The second kappa shape index (κ2) is 29.9. The van der Waals surface area contributed by atoms with Gasteiger partial charge in [0, 0.05) is 77.6 Å². The summed E-state index contributed by atoms with van der Waals surface area (Å²) in [7, 11) is 7.00. The molecule has 1 aromatic heterocycles. The van der Waals surface area contributed by atoms with Crippen molar-refractivity contribution >= 4 is 41.6 Å². The van der Waals surface area contributed by atoms with Gasteiger partial charge in [0.1, 0.15) is 17.0 Å². The maximum Gasteiger partial charge on any atom is 0.329 e. The third kappa shape index (κ3) is 17.4. The van der Waals surface area contributed by atoms with Crippen molar-refractivity contribution in [3.8, 4) is 28.4 Å². The Kier molecular flexibility index (Phi) is 23.4. The number of nitrogens with one attached hydrogen (secondary N) is 2. The van der Waals surface area contributed by atoms with Crippen LogP contribution < -0.4 is 20.1 Å². The van der Waals surface area contributed by atoms with Crippen molar-refractivity contribution in [1.29, 1.82) is 0 Å². The summed E-state index contributed by atoms with van der Waals surface area (Å²) in [5, 5.41) is 50.6. The lowest BCUT2D eigenvalue weighted by Crippen LogP contribution is -2.62. The number of aliphatic carboxylic acids is 4. The number of carbonyl (C=O) groups excluding carboxylic acids is 3. The number of methoxy groups -OCH3 is 2. The number of nitrogens with zero attached hydrogens (tertiary/aromatic N) is 8. The maximum absolute atomic E-state index is 14.7. The first-order valence-corrected chi connectivity index (χ1v) is 28.4. The topological polar surface area (TPSA) is 280 Å². The Morgan fingerprint density at radius 3 is 1.79 bits per heavy atom. The standard InChI is InChI=1S/C58H86N10O13/c1-8-40-30-41-16-17-58(57(78)79,43(31-40)32-41)60-55(76)45-34-47(54-48(80-6)12-9-13-49(54)81-7)68(61-45)46-15-14-42(33-44(46)39(2)3)56(77)67(21-11-19-62(4)5)20-10-18-59-50(69)35-63-22-24-64(36-51(70)71)26-28-66(38-53(74)75)29-27-65(25-23-63)37-52(72)73/h9,12-15,33-34,39-41,43H,8,10-11,16-32,35-38H2,1-7H3,(H,59,69)(H,60,76)(H,70,71)(H,72,73)(H,74,75)(H,78,79). The summed E-state index contributed by atoms with van der Waals surface area (Å²) in [5.74, 6) is -3.94. The molecule has 1 aliphatic heterocycles. The molecule has 6 rings (SSSR count). The first-order valence-electron chi connectivity index (χ1n) is 28.4. The average molecular weight is 1130 g/mol. The lowest BCUT2D eigenvalue weighted by atomic mass is 9.59. The van der Waals surface area contributed by atoms with Crippen LogP contribution in [0.2, 0.25) is 0 Å². The van der Waals surface area contributed by atoms with Gasteiger partial charge in [0.2, 0.25) is 5.91 Å². The van der Waals surface area contributed by atoms with Crippen LogP contribution >= 0.6 is 0 Å².